The molecule has 0 aliphatic heterocycles. The SMILES string of the molecule is O=C(NCCc1ccc(Cl)cc1)c1ccc([N+](=O)[O-])cc1. The number of hydrogen-bond donors (Lipinski definition) is 1. The second-order valence-electron chi connectivity index (χ2n) is 4.44. The molecule has 1 N–H and O–H groups in total. The van der Waals surface area contributed by atoms with Crippen molar-refractivity contribution in [2.45, 2.75) is 6.42 Å². The summed E-state index contributed by atoms with van der Waals surface area (Å²) in [6, 6.07) is 12.9. The van der Waals surface area contributed by atoms with Crippen LogP contribution >= 0.6 is 11.6 Å². The first-order valence-electron chi connectivity index (χ1n) is 6.33. The minimum Gasteiger partial charge on any atom is -0.352 e. The first-order valence-corrected chi connectivity index (χ1v) is 6.71. The van der Waals surface area contributed by atoms with Crippen molar-refractivity contribution in [1.82, 2.24) is 5.32 Å². The molecule has 2 aromatic carbocycles. The fraction of sp³-hybridized carbons (Fsp3) is 0.133. The zero-order chi connectivity index (χ0) is 15.2. The van der Waals surface area contributed by atoms with Gasteiger partial charge in [0.25, 0.3) is 11.6 Å². The van der Waals surface area contributed by atoms with Gasteiger partial charge in [-0.15, -0.1) is 0 Å². The molecule has 0 fully saturated rings. The molecular weight excluding hydrogens is 292 g/mol. The van der Waals surface area contributed by atoms with E-state index < -0.39 is 4.92 Å². The molecule has 21 heavy (non-hydrogen) atoms. The molecular formula is C15H13ClN2O3. The third kappa shape index (κ3) is 4.29. The quantitative estimate of drug-likeness (QED) is 0.681. The van der Waals surface area contributed by atoms with Gasteiger partial charge in [0.1, 0.15) is 0 Å². The molecule has 0 aliphatic rings. The molecule has 2 rings (SSSR count). The second-order valence-corrected chi connectivity index (χ2v) is 4.87. The van der Waals surface area contributed by atoms with Crippen LogP contribution in [0.25, 0.3) is 0 Å². The lowest BCUT2D eigenvalue weighted by molar-refractivity contribution is -0.384. The highest BCUT2D eigenvalue weighted by molar-refractivity contribution is 6.30. The van der Waals surface area contributed by atoms with Gasteiger partial charge in [0.05, 0.1) is 4.92 Å². The number of nitro groups is 1. The van der Waals surface area contributed by atoms with Crippen LogP contribution in [0.4, 0.5) is 5.69 Å². The molecule has 0 bridgehead atoms. The summed E-state index contributed by atoms with van der Waals surface area (Å²) >= 11 is 5.79. The zero-order valence-corrected chi connectivity index (χ0v) is 11.8. The minimum absolute atomic E-state index is 0.0345. The molecule has 0 aromatic heterocycles. The predicted octanol–water partition coefficient (Wildman–Crippen LogP) is 3.22. The maximum atomic E-state index is 11.9. The Morgan fingerprint density at radius 1 is 1.10 bits per heavy atom. The molecule has 0 saturated carbocycles. The van der Waals surface area contributed by atoms with E-state index in [4.69, 9.17) is 11.6 Å². The van der Waals surface area contributed by atoms with Crippen molar-refractivity contribution in [3.05, 3.63) is 74.8 Å². The topological polar surface area (TPSA) is 72.2 Å². The number of amides is 1. The predicted molar refractivity (Wildman–Crippen MR) is 80.6 cm³/mol. The standard InChI is InChI=1S/C15H13ClN2O3/c16-13-5-1-11(2-6-13)9-10-17-15(19)12-3-7-14(8-4-12)18(20)21/h1-8H,9-10H2,(H,17,19). The van der Waals surface area contributed by atoms with Crippen molar-refractivity contribution >= 4 is 23.2 Å². The number of benzene rings is 2. The van der Waals surface area contributed by atoms with Crippen LogP contribution in [-0.2, 0) is 6.42 Å². The van der Waals surface area contributed by atoms with Gasteiger partial charge in [-0.05, 0) is 36.2 Å². The number of rotatable bonds is 5. The monoisotopic (exact) mass is 304 g/mol. The molecule has 1 amide bonds. The third-order valence-electron chi connectivity index (χ3n) is 2.95. The van der Waals surface area contributed by atoms with E-state index in [9.17, 15) is 14.9 Å². The van der Waals surface area contributed by atoms with E-state index in [1.54, 1.807) is 12.1 Å². The number of halogens is 1. The Hall–Kier alpha value is -2.40. The maximum absolute atomic E-state index is 11.9. The van der Waals surface area contributed by atoms with Crippen molar-refractivity contribution in [2.24, 2.45) is 0 Å². The summed E-state index contributed by atoms with van der Waals surface area (Å²) in [5, 5.41) is 14.0. The summed E-state index contributed by atoms with van der Waals surface area (Å²) in [5.74, 6) is -0.251. The summed E-state index contributed by atoms with van der Waals surface area (Å²) < 4.78 is 0. The van der Waals surface area contributed by atoms with Crippen LogP contribution in [0.1, 0.15) is 15.9 Å². The van der Waals surface area contributed by atoms with Crippen LogP contribution in [0.2, 0.25) is 5.02 Å². The molecule has 0 atom stereocenters. The summed E-state index contributed by atoms with van der Waals surface area (Å²) in [4.78, 5) is 21.9. The van der Waals surface area contributed by atoms with Crippen molar-refractivity contribution in [3.63, 3.8) is 0 Å². The largest absolute Gasteiger partial charge is 0.352 e. The van der Waals surface area contributed by atoms with Gasteiger partial charge < -0.3 is 5.32 Å². The molecule has 0 saturated heterocycles. The first kappa shape index (κ1) is 15.0. The average molecular weight is 305 g/mol. The van der Waals surface area contributed by atoms with E-state index in [0.29, 0.717) is 23.6 Å². The highest BCUT2D eigenvalue weighted by atomic mass is 35.5. The Morgan fingerprint density at radius 3 is 2.29 bits per heavy atom. The fourth-order valence-electron chi connectivity index (χ4n) is 1.81. The van der Waals surface area contributed by atoms with Crippen LogP contribution in [0.5, 0.6) is 0 Å². The summed E-state index contributed by atoms with van der Waals surface area (Å²) in [6.45, 7) is 0.484. The minimum atomic E-state index is -0.498. The van der Waals surface area contributed by atoms with Gasteiger partial charge in [-0.25, -0.2) is 0 Å². The van der Waals surface area contributed by atoms with Crippen LogP contribution in [0, 0.1) is 10.1 Å². The number of nitro benzene ring substituents is 1. The van der Waals surface area contributed by atoms with E-state index in [0.717, 1.165) is 5.56 Å². The van der Waals surface area contributed by atoms with Gasteiger partial charge in [-0.3, -0.25) is 14.9 Å². The number of non-ortho nitro benzene ring substituents is 1. The Kier molecular flexibility index (Phi) is 4.90. The van der Waals surface area contributed by atoms with Crippen molar-refractivity contribution in [1.29, 1.82) is 0 Å². The summed E-state index contributed by atoms with van der Waals surface area (Å²) in [7, 11) is 0. The van der Waals surface area contributed by atoms with E-state index >= 15 is 0 Å². The molecule has 0 heterocycles. The van der Waals surface area contributed by atoms with Crippen molar-refractivity contribution in [2.75, 3.05) is 6.54 Å². The Bertz CT molecular complexity index is 639. The Labute approximate surface area is 126 Å². The molecule has 0 radical (unpaired) electrons. The van der Waals surface area contributed by atoms with Crippen molar-refractivity contribution in [3.8, 4) is 0 Å². The molecule has 6 heteroatoms. The lowest BCUT2D eigenvalue weighted by Crippen LogP contribution is -2.25. The van der Waals surface area contributed by atoms with Crippen LogP contribution in [0.15, 0.2) is 48.5 Å². The summed E-state index contributed by atoms with van der Waals surface area (Å²) in [5.41, 5.74) is 1.44. The maximum Gasteiger partial charge on any atom is 0.269 e. The highest BCUT2D eigenvalue weighted by Gasteiger charge is 2.08. The molecule has 2 aromatic rings. The number of nitrogens with one attached hydrogen (secondary N) is 1. The number of carbonyl (C=O) groups excluding carboxylic acids is 1. The van der Waals surface area contributed by atoms with Gasteiger partial charge in [-0.1, -0.05) is 23.7 Å². The zero-order valence-electron chi connectivity index (χ0n) is 11.1. The highest BCUT2D eigenvalue weighted by Crippen LogP contribution is 2.12. The number of hydrogen-bond acceptors (Lipinski definition) is 3. The van der Waals surface area contributed by atoms with Gasteiger partial charge in [0.15, 0.2) is 0 Å². The number of nitrogens with zero attached hydrogens (tertiary/aromatic N) is 1. The fourth-order valence-corrected chi connectivity index (χ4v) is 1.93. The normalized spacial score (nSPS) is 10.1. The Balaban J connectivity index is 1.86. The first-order chi connectivity index (χ1) is 10.1. The smallest absolute Gasteiger partial charge is 0.269 e. The lowest BCUT2D eigenvalue weighted by Gasteiger charge is -2.05. The van der Waals surface area contributed by atoms with Gasteiger partial charge in [0.2, 0.25) is 0 Å². The van der Waals surface area contributed by atoms with Gasteiger partial charge in [0, 0.05) is 29.3 Å². The molecule has 108 valence electrons. The van der Waals surface area contributed by atoms with Crippen LogP contribution in [0.3, 0.4) is 0 Å². The van der Waals surface area contributed by atoms with E-state index in [-0.39, 0.29) is 11.6 Å². The third-order valence-corrected chi connectivity index (χ3v) is 3.20. The molecule has 0 aliphatic carbocycles. The van der Waals surface area contributed by atoms with Crippen LogP contribution < -0.4 is 5.32 Å². The van der Waals surface area contributed by atoms with E-state index in [1.165, 1.54) is 24.3 Å². The Morgan fingerprint density at radius 2 is 1.71 bits per heavy atom. The van der Waals surface area contributed by atoms with Gasteiger partial charge >= 0.3 is 0 Å². The van der Waals surface area contributed by atoms with E-state index in [2.05, 4.69) is 5.32 Å². The molecule has 5 nitrogen and oxygen atoms in total. The number of carbonyl (C=O) groups is 1. The second kappa shape index (κ2) is 6.85. The van der Waals surface area contributed by atoms with Crippen LogP contribution in [-0.4, -0.2) is 17.4 Å². The molecule has 0 unspecified atom stereocenters. The summed E-state index contributed by atoms with van der Waals surface area (Å²) in [6.07, 6.45) is 0.690. The lowest BCUT2D eigenvalue weighted by atomic mass is 10.1. The van der Waals surface area contributed by atoms with Crippen molar-refractivity contribution < 1.29 is 9.72 Å². The van der Waals surface area contributed by atoms with Gasteiger partial charge in [-0.2, -0.15) is 0 Å². The average Bonchev–Trinajstić information content (AvgIpc) is 2.49. The molecule has 0 spiro atoms. The van der Waals surface area contributed by atoms with E-state index in [1.807, 2.05) is 12.1 Å².